The molecule has 0 aliphatic rings. The maximum absolute atomic E-state index is 9.27. The summed E-state index contributed by atoms with van der Waals surface area (Å²) in [6, 6.07) is 6.14. The summed E-state index contributed by atoms with van der Waals surface area (Å²) in [5, 5.41) is 15.9. The summed E-state index contributed by atoms with van der Waals surface area (Å²) in [6.07, 6.45) is 0.728. The molecule has 1 aromatic carbocycles. The van der Waals surface area contributed by atoms with Crippen molar-refractivity contribution in [3.05, 3.63) is 44.8 Å². The molecule has 0 aliphatic carbocycles. The zero-order valence-corrected chi connectivity index (χ0v) is 11.6. The molecule has 1 N–H and O–H groups in total. The normalized spacial score (nSPS) is 11.5. The van der Waals surface area contributed by atoms with Crippen molar-refractivity contribution in [3.8, 4) is 6.07 Å². The maximum atomic E-state index is 9.27. The van der Waals surface area contributed by atoms with E-state index in [9.17, 15) is 5.26 Å². The van der Waals surface area contributed by atoms with Gasteiger partial charge in [0.1, 0.15) is 6.04 Å². The molecule has 0 aliphatic heterocycles. The number of azide groups is 1. The van der Waals surface area contributed by atoms with Crippen LogP contribution in [0.3, 0.4) is 0 Å². The summed E-state index contributed by atoms with van der Waals surface area (Å²) in [6.45, 7) is 7.25. The number of hydrogen-bond acceptors (Lipinski definition) is 3. The van der Waals surface area contributed by atoms with Crippen LogP contribution in [0, 0.1) is 32.1 Å². The van der Waals surface area contributed by atoms with Crippen molar-refractivity contribution in [2.75, 3.05) is 13.1 Å². The van der Waals surface area contributed by atoms with Crippen molar-refractivity contribution >= 4 is 0 Å². The van der Waals surface area contributed by atoms with Crippen LogP contribution in [0.15, 0.2) is 17.2 Å². The molecule has 1 unspecified atom stereocenters. The highest BCUT2D eigenvalue weighted by Crippen LogP contribution is 2.21. The lowest BCUT2D eigenvalue weighted by Crippen LogP contribution is -2.22. The first-order valence-corrected chi connectivity index (χ1v) is 6.31. The highest BCUT2D eigenvalue weighted by atomic mass is 15.1. The zero-order valence-electron chi connectivity index (χ0n) is 11.6. The summed E-state index contributed by atoms with van der Waals surface area (Å²) in [5.41, 5.74) is 12.8. The van der Waals surface area contributed by atoms with Crippen molar-refractivity contribution in [3.63, 3.8) is 0 Å². The SMILES string of the molecule is Cc1cc(C)c(C(C#N)NCCCN=[N+]=[N-])cc1C. The van der Waals surface area contributed by atoms with Crippen LogP contribution in [-0.4, -0.2) is 13.1 Å². The van der Waals surface area contributed by atoms with Crippen molar-refractivity contribution in [2.24, 2.45) is 5.11 Å². The topological polar surface area (TPSA) is 84.6 Å². The third-order valence-corrected chi connectivity index (χ3v) is 3.17. The number of rotatable bonds is 6. The molecule has 0 saturated carbocycles. The van der Waals surface area contributed by atoms with E-state index >= 15 is 0 Å². The molecule has 0 aromatic heterocycles. The van der Waals surface area contributed by atoms with Crippen molar-refractivity contribution in [1.82, 2.24) is 5.32 Å². The fraction of sp³-hybridized carbons (Fsp3) is 0.500. The Morgan fingerprint density at radius 2 is 2.00 bits per heavy atom. The summed E-state index contributed by atoms with van der Waals surface area (Å²) in [4.78, 5) is 2.70. The minimum absolute atomic E-state index is 0.314. The van der Waals surface area contributed by atoms with E-state index in [1.165, 1.54) is 11.1 Å². The molecule has 0 radical (unpaired) electrons. The minimum Gasteiger partial charge on any atom is -0.298 e. The highest BCUT2D eigenvalue weighted by Gasteiger charge is 2.13. The van der Waals surface area contributed by atoms with Gasteiger partial charge in [0, 0.05) is 11.5 Å². The van der Waals surface area contributed by atoms with Gasteiger partial charge in [0.05, 0.1) is 6.07 Å². The van der Waals surface area contributed by atoms with E-state index in [1.807, 2.05) is 13.8 Å². The molecule has 100 valence electrons. The predicted molar refractivity (Wildman–Crippen MR) is 75.6 cm³/mol. The van der Waals surface area contributed by atoms with Crippen LogP contribution in [0.2, 0.25) is 0 Å². The van der Waals surface area contributed by atoms with Gasteiger partial charge in [-0.2, -0.15) is 5.26 Å². The Kier molecular flexibility index (Phi) is 5.87. The van der Waals surface area contributed by atoms with Gasteiger partial charge in [0.15, 0.2) is 0 Å². The van der Waals surface area contributed by atoms with Crippen molar-refractivity contribution in [1.29, 1.82) is 5.26 Å². The van der Waals surface area contributed by atoms with Gasteiger partial charge in [-0.05, 0) is 61.5 Å². The average Bonchev–Trinajstić information content (AvgIpc) is 2.39. The Labute approximate surface area is 113 Å². The van der Waals surface area contributed by atoms with E-state index < -0.39 is 0 Å². The van der Waals surface area contributed by atoms with E-state index in [4.69, 9.17) is 5.53 Å². The highest BCUT2D eigenvalue weighted by molar-refractivity contribution is 5.40. The smallest absolute Gasteiger partial charge is 0.121 e. The van der Waals surface area contributed by atoms with Gasteiger partial charge in [-0.25, -0.2) is 0 Å². The molecule has 5 nitrogen and oxygen atoms in total. The average molecular weight is 257 g/mol. The lowest BCUT2D eigenvalue weighted by Gasteiger charge is -2.16. The lowest BCUT2D eigenvalue weighted by atomic mass is 9.96. The molecule has 0 heterocycles. The van der Waals surface area contributed by atoms with E-state index in [2.05, 4.69) is 40.5 Å². The van der Waals surface area contributed by atoms with E-state index in [-0.39, 0.29) is 6.04 Å². The Bertz CT molecular complexity index is 523. The molecule has 0 fully saturated rings. The van der Waals surface area contributed by atoms with Crippen LogP contribution in [0.5, 0.6) is 0 Å². The second-order valence-corrected chi connectivity index (χ2v) is 4.62. The molecule has 1 rings (SSSR count). The molecule has 19 heavy (non-hydrogen) atoms. The molecule has 0 saturated heterocycles. The van der Waals surface area contributed by atoms with Gasteiger partial charge in [0.25, 0.3) is 0 Å². The van der Waals surface area contributed by atoms with Gasteiger partial charge in [0.2, 0.25) is 0 Å². The van der Waals surface area contributed by atoms with Crippen LogP contribution in [0.4, 0.5) is 0 Å². The van der Waals surface area contributed by atoms with Crippen LogP contribution in [0.1, 0.15) is 34.7 Å². The zero-order chi connectivity index (χ0) is 14.3. The van der Waals surface area contributed by atoms with E-state index in [0.717, 1.165) is 17.5 Å². The number of nitrogens with zero attached hydrogens (tertiary/aromatic N) is 4. The number of aryl methyl sites for hydroxylation is 3. The van der Waals surface area contributed by atoms with Gasteiger partial charge in [-0.1, -0.05) is 17.2 Å². The van der Waals surface area contributed by atoms with E-state index in [0.29, 0.717) is 13.1 Å². The summed E-state index contributed by atoms with van der Waals surface area (Å²) >= 11 is 0. The molecule has 1 aromatic rings. The summed E-state index contributed by atoms with van der Waals surface area (Å²) in [7, 11) is 0. The first-order valence-electron chi connectivity index (χ1n) is 6.31. The maximum Gasteiger partial charge on any atom is 0.121 e. The monoisotopic (exact) mass is 257 g/mol. The first kappa shape index (κ1) is 15.0. The Morgan fingerprint density at radius 1 is 1.32 bits per heavy atom. The van der Waals surface area contributed by atoms with E-state index in [1.54, 1.807) is 0 Å². The summed E-state index contributed by atoms with van der Waals surface area (Å²) < 4.78 is 0. The van der Waals surface area contributed by atoms with Crippen LogP contribution >= 0.6 is 0 Å². The number of nitrogens with one attached hydrogen (secondary N) is 1. The van der Waals surface area contributed by atoms with Gasteiger partial charge in [-0.15, -0.1) is 0 Å². The van der Waals surface area contributed by atoms with Crippen molar-refractivity contribution < 1.29 is 0 Å². The third kappa shape index (κ3) is 4.29. The first-order chi connectivity index (χ1) is 9.10. The van der Waals surface area contributed by atoms with Gasteiger partial charge in [-0.3, -0.25) is 5.32 Å². The lowest BCUT2D eigenvalue weighted by molar-refractivity contribution is 0.605. The van der Waals surface area contributed by atoms with Crippen LogP contribution in [-0.2, 0) is 0 Å². The molecule has 5 heteroatoms. The second-order valence-electron chi connectivity index (χ2n) is 4.62. The predicted octanol–water partition coefficient (Wildman–Crippen LogP) is 3.47. The van der Waals surface area contributed by atoms with Crippen molar-refractivity contribution in [2.45, 2.75) is 33.2 Å². The standard InChI is InChI=1S/C14H19N5/c1-10-7-12(3)13(8-11(10)2)14(9-15)17-5-4-6-18-19-16/h7-8,14,17H,4-6H2,1-3H3. The summed E-state index contributed by atoms with van der Waals surface area (Å²) in [5.74, 6) is 0. The fourth-order valence-corrected chi connectivity index (χ4v) is 1.96. The third-order valence-electron chi connectivity index (χ3n) is 3.17. The Morgan fingerprint density at radius 3 is 2.63 bits per heavy atom. The fourth-order valence-electron chi connectivity index (χ4n) is 1.96. The number of hydrogen-bond donors (Lipinski definition) is 1. The molecule has 1 atom stereocenters. The second kappa shape index (κ2) is 7.42. The van der Waals surface area contributed by atoms with Crippen LogP contribution < -0.4 is 5.32 Å². The Balaban J connectivity index is 2.72. The number of benzene rings is 1. The largest absolute Gasteiger partial charge is 0.298 e. The van der Waals surface area contributed by atoms with Crippen LogP contribution in [0.25, 0.3) is 10.4 Å². The molecular formula is C14H19N5. The molecule has 0 spiro atoms. The number of nitriles is 1. The quantitative estimate of drug-likeness (QED) is 0.366. The molecular weight excluding hydrogens is 238 g/mol. The Hall–Kier alpha value is -2.02. The molecule has 0 bridgehead atoms. The molecule has 0 amide bonds. The minimum atomic E-state index is -0.314. The van der Waals surface area contributed by atoms with Gasteiger partial charge >= 0.3 is 0 Å². The van der Waals surface area contributed by atoms with Gasteiger partial charge < -0.3 is 0 Å².